The summed E-state index contributed by atoms with van der Waals surface area (Å²) >= 11 is 0. The van der Waals surface area contributed by atoms with E-state index in [-0.39, 0.29) is 19.4 Å². The molecule has 0 spiro atoms. The quantitative estimate of drug-likeness (QED) is 0.0341. The van der Waals surface area contributed by atoms with Gasteiger partial charge in [0.2, 0.25) is 0 Å². The van der Waals surface area contributed by atoms with Gasteiger partial charge in [0.05, 0.1) is 6.61 Å². The van der Waals surface area contributed by atoms with Crippen LogP contribution >= 0.6 is 7.82 Å². The Hall–Kier alpha value is -1.21. The van der Waals surface area contributed by atoms with Crippen LogP contribution in [0.15, 0.2) is 12.2 Å². The number of rotatable bonds is 31. The third-order valence-electron chi connectivity index (χ3n) is 7.28. The Balaban J connectivity index is 4.00. The van der Waals surface area contributed by atoms with Gasteiger partial charge >= 0.3 is 19.8 Å². The average Bonchev–Trinajstić information content (AvgIpc) is 2.95. The summed E-state index contributed by atoms with van der Waals surface area (Å²) < 4.78 is 26.2. The van der Waals surface area contributed by atoms with E-state index in [1.165, 1.54) is 77.0 Å². The summed E-state index contributed by atoms with van der Waals surface area (Å²) in [5.41, 5.74) is 0. The van der Waals surface area contributed by atoms with E-state index in [1.807, 2.05) is 0 Å². The number of carbonyl (C=O) groups excluding carboxylic acids is 2. The van der Waals surface area contributed by atoms with Crippen LogP contribution in [0, 0.1) is 0 Å². The van der Waals surface area contributed by atoms with Crippen LogP contribution in [0.25, 0.3) is 0 Å². The number of carbonyl (C=O) groups is 2. The number of ether oxygens (including phenoxy) is 2. The molecular formula is C33H63O8P. The molecular weight excluding hydrogens is 555 g/mol. The predicted molar refractivity (Wildman–Crippen MR) is 170 cm³/mol. The Morgan fingerprint density at radius 1 is 0.595 bits per heavy atom. The maximum atomic E-state index is 12.3. The van der Waals surface area contributed by atoms with Gasteiger partial charge in [0, 0.05) is 12.8 Å². The summed E-state index contributed by atoms with van der Waals surface area (Å²) in [7, 11) is -4.74. The molecule has 0 saturated heterocycles. The molecule has 248 valence electrons. The van der Waals surface area contributed by atoms with Crippen LogP contribution in [-0.2, 0) is 28.2 Å². The topological polar surface area (TPSA) is 119 Å². The molecule has 1 atom stereocenters. The van der Waals surface area contributed by atoms with Crippen molar-refractivity contribution in [1.82, 2.24) is 0 Å². The van der Waals surface area contributed by atoms with Crippen molar-refractivity contribution in [3.8, 4) is 0 Å². The van der Waals surface area contributed by atoms with Crippen LogP contribution in [0.1, 0.15) is 168 Å². The van der Waals surface area contributed by atoms with Gasteiger partial charge in [0.25, 0.3) is 0 Å². The van der Waals surface area contributed by atoms with Gasteiger partial charge in [-0.3, -0.25) is 14.1 Å². The molecule has 0 rings (SSSR count). The number of phosphoric acid groups is 1. The smallest absolute Gasteiger partial charge is 0.462 e. The lowest BCUT2D eigenvalue weighted by Crippen LogP contribution is -2.29. The van der Waals surface area contributed by atoms with Crippen LogP contribution in [0.4, 0.5) is 0 Å². The molecule has 0 heterocycles. The van der Waals surface area contributed by atoms with Crippen LogP contribution in [0.3, 0.4) is 0 Å². The SMILES string of the molecule is CCCC/C=C\CCCCCCCC(=O)O[C@H](COC(=O)CCCCCCCCCCCCCCC)COP(=O)(O)O. The fourth-order valence-electron chi connectivity index (χ4n) is 4.71. The largest absolute Gasteiger partial charge is 0.469 e. The van der Waals surface area contributed by atoms with E-state index < -0.39 is 32.5 Å². The van der Waals surface area contributed by atoms with Crippen LogP contribution in [-0.4, -0.2) is 41.0 Å². The molecule has 0 aromatic heterocycles. The summed E-state index contributed by atoms with van der Waals surface area (Å²) in [6.07, 6.45) is 29.3. The molecule has 42 heavy (non-hydrogen) atoms. The Labute approximate surface area is 257 Å². The van der Waals surface area contributed by atoms with Crippen molar-refractivity contribution in [2.75, 3.05) is 13.2 Å². The van der Waals surface area contributed by atoms with E-state index in [2.05, 4.69) is 30.5 Å². The first-order chi connectivity index (χ1) is 20.3. The highest BCUT2D eigenvalue weighted by atomic mass is 31.2. The Morgan fingerprint density at radius 3 is 1.52 bits per heavy atom. The molecule has 0 amide bonds. The van der Waals surface area contributed by atoms with E-state index in [4.69, 9.17) is 19.3 Å². The lowest BCUT2D eigenvalue weighted by atomic mass is 10.0. The fourth-order valence-corrected chi connectivity index (χ4v) is 5.07. The van der Waals surface area contributed by atoms with Gasteiger partial charge in [-0.15, -0.1) is 0 Å². The van der Waals surface area contributed by atoms with Crippen molar-refractivity contribution < 1.29 is 37.9 Å². The van der Waals surface area contributed by atoms with Crippen molar-refractivity contribution in [3.05, 3.63) is 12.2 Å². The Kier molecular flexibility index (Phi) is 29.0. The molecule has 0 aliphatic heterocycles. The highest BCUT2D eigenvalue weighted by Crippen LogP contribution is 2.36. The van der Waals surface area contributed by atoms with E-state index in [0.29, 0.717) is 6.42 Å². The minimum Gasteiger partial charge on any atom is -0.462 e. The third-order valence-corrected chi connectivity index (χ3v) is 7.77. The molecule has 0 aromatic rings. The lowest BCUT2D eigenvalue weighted by Gasteiger charge is -2.18. The van der Waals surface area contributed by atoms with E-state index in [9.17, 15) is 14.2 Å². The second kappa shape index (κ2) is 29.8. The highest BCUT2D eigenvalue weighted by molar-refractivity contribution is 7.46. The first-order valence-corrected chi connectivity index (χ1v) is 18.5. The Bertz CT molecular complexity index is 706. The molecule has 0 saturated carbocycles. The number of hydrogen-bond acceptors (Lipinski definition) is 6. The van der Waals surface area contributed by atoms with Gasteiger partial charge in [-0.2, -0.15) is 0 Å². The molecule has 0 radical (unpaired) electrons. The monoisotopic (exact) mass is 618 g/mol. The van der Waals surface area contributed by atoms with Gasteiger partial charge in [0.1, 0.15) is 6.61 Å². The van der Waals surface area contributed by atoms with Crippen molar-refractivity contribution in [2.45, 2.75) is 174 Å². The molecule has 0 aliphatic rings. The van der Waals surface area contributed by atoms with Gasteiger partial charge in [-0.1, -0.05) is 135 Å². The first kappa shape index (κ1) is 40.8. The maximum absolute atomic E-state index is 12.3. The van der Waals surface area contributed by atoms with E-state index in [1.54, 1.807) is 0 Å². The minimum atomic E-state index is -4.74. The van der Waals surface area contributed by atoms with Gasteiger partial charge < -0.3 is 19.3 Å². The van der Waals surface area contributed by atoms with Crippen molar-refractivity contribution in [2.24, 2.45) is 0 Å². The van der Waals surface area contributed by atoms with Crippen molar-refractivity contribution in [3.63, 3.8) is 0 Å². The zero-order chi connectivity index (χ0) is 31.2. The van der Waals surface area contributed by atoms with Crippen LogP contribution in [0.5, 0.6) is 0 Å². The number of phosphoric ester groups is 1. The molecule has 9 heteroatoms. The normalized spacial score (nSPS) is 12.6. The summed E-state index contributed by atoms with van der Waals surface area (Å²) in [6, 6.07) is 0. The molecule has 0 aliphatic carbocycles. The molecule has 0 fully saturated rings. The van der Waals surface area contributed by atoms with E-state index in [0.717, 1.165) is 57.8 Å². The van der Waals surface area contributed by atoms with Gasteiger partial charge in [-0.25, -0.2) is 4.57 Å². The second-order valence-corrected chi connectivity index (χ2v) is 12.7. The number of allylic oxidation sites excluding steroid dienone is 2. The molecule has 0 bridgehead atoms. The standard InChI is InChI=1S/C33H63O8P/c1-3-5-7-9-11-13-15-16-18-19-21-23-25-27-32(34)39-29-31(30-40-42(36,37)38)41-33(35)28-26-24-22-20-17-14-12-10-8-6-4-2/h10,12,31H,3-9,11,13-30H2,1-2H3,(H2,36,37,38)/b12-10-/t31-/m1/s1. The third kappa shape index (κ3) is 31.7. The van der Waals surface area contributed by atoms with Crippen molar-refractivity contribution >= 4 is 19.8 Å². The maximum Gasteiger partial charge on any atom is 0.469 e. The number of hydrogen-bond donors (Lipinski definition) is 2. The minimum absolute atomic E-state index is 0.205. The van der Waals surface area contributed by atoms with Crippen molar-refractivity contribution in [1.29, 1.82) is 0 Å². The summed E-state index contributed by atoms with van der Waals surface area (Å²) in [5, 5.41) is 0. The number of esters is 2. The molecule has 0 aromatic carbocycles. The lowest BCUT2D eigenvalue weighted by molar-refractivity contribution is -0.161. The van der Waals surface area contributed by atoms with E-state index >= 15 is 0 Å². The fraction of sp³-hybridized carbons (Fsp3) is 0.879. The average molecular weight is 619 g/mol. The highest BCUT2D eigenvalue weighted by Gasteiger charge is 2.22. The molecule has 8 nitrogen and oxygen atoms in total. The zero-order valence-electron chi connectivity index (χ0n) is 26.9. The summed E-state index contributed by atoms with van der Waals surface area (Å²) in [6.45, 7) is 3.62. The molecule has 0 unspecified atom stereocenters. The van der Waals surface area contributed by atoms with Crippen LogP contribution < -0.4 is 0 Å². The number of unbranched alkanes of at least 4 members (excludes halogenated alkanes) is 19. The first-order valence-electron chi connectivity index (χ1n) is 17.0. The zero-order valence-corrected chi connectivity index (χ0v) is 27.8. The van der Waals surface area contributed by atoms with Gasteiger partial charge in [0.15, 0.2) is 6.10 Å². The summed E-state index contributed by atoms with van der Waals surface area (Å²) in [5.74, 6) is -0.892. The van der Waals surface area contributed by atoms with Gasteiger partial charge in [-0.05, 0) is 32.1 Å². The predicted octanol–water partition coefficient (Wildman–Crippen LogP) is 9.51. The summed E-state index contributed by atoms with van der Waals surface area (Å²) in [4.78, 5) is 42.5. The second-order valence-electron chi connectivity index (χ2n) is 11.5. The molecule has 2 N–H and O–H groups in total. The van der Waals surface area contributed by atoms with Crippen LogP contribution in [0.2, 0.25) is 0 Å². The Morgan fingerprint density at radius 2 is 1.02 bits per heavy atom.